The van der Waals surface area contributed by atoms with Gasteiger partial charge in [-0.3, -0.25) is 4.72 Å². The number of benzene rings is 3. The van der Waals surface area contributed by atoms with Gasteiger partial charge in [-0.1, -0.05) is 23.4 Å². The van der Waals surface area contributed by atoms with E-state index in [1.807, 2.05) is 58.0 Å². The number of nitrogens with zero attached hydrogens (tertiary/aromatic N) is 3. The standard InChI is InChI=1S/C31H36N4O7S/c1-20-17-24-27(42-32-29(24)33-43(37,38)28-25(39-5)11-8-12-26(28)40-6)19-23(20)21-9-7-10-22(18-21)34-13-15-35(16-14-34)30(36)41-31(2,3)4/h7-12,17-19H,13-16H2,1-6H3,(H,32,33). The van der Waals surface area contributed by atoms with Crippen molar-refractivity contribution in [2.75, 3.05) is 50.0 Å². The number of carbonyl (C=O) groups excluding carboxylic acids is 1. The summed E-state index contributed by atoms with van der Waals surface area (Å²) in [6.45, 7) is 10.1. The van der Waals surface area contributed by atoms with E-state index in [0.29, 0.717) is 37.1 Å². The second-order valence-electron chi connectivity index (χ2n) is 11.3. The molecule has 2 heterocycles. The van der Waals surface area contributed by atoms with Crippen molar-refractivity contribution in [3.05, 3.63) is 60.2 Å². The van der Waals surface area contributed by atoms with Crippen molar-refractivity contribution in [1.82, 2.24) is 10.1 Å². The fourth-order valence-electron chi connectivity index (χ4n) is 5.08. The van der Waals surface area contributed by atoms with Gasteiger partial charge >= 0.3 is 6.09 Å². The molecular formula is C31H36N4O7S. The molecular weight excluding hydrogens is 572 g/mol. The van der Waals surface area contributed by atoms with Crippen molar-refractivity contribution in [1.29, 1.82) is 0 Å². The highest BCUT2D eigenvalue weighted by molar-refractivity contribution is 7.93. The average molecular weight is 609 g/mol. The zero-order valence-corrected chi connectivity index (χ0v) is 25.9. The summed E-state index contributed by atoms with van der Waals surface area (Å²) in [6, 6.07) is 16.6. The largest absolute Gasteiger partial charge is 0.495 e. The Kier molecular flexibility index (Phi) is 8.15. The van der Waals surface area contributed by atoms with Crippen LogP contribution in [-0.4, -0.2) is 70.6 Å². The van der Waals surface area contributed by atoms with Crippen LogP contribution >= 0.6 is 0 Å². The highest BCUT2D eigenvalue weighted by Crippen LogP contribution is 2.37. The molecule has 1 aliphatic rings. The molecule has 12 heteroatoms. The molecule has 4 aromatic rings. The monoisotopic (exact) mass is 608 g/mol. The van der Waals surface area contributed by atoms with Gasteiger partial charge in [0.25, 0.3) is 10.0 Å². The van der Waals surface area contributed by atoms with Crippen LogP contribution in [0.4, 0.5) is 16.3 Å². The molecule has 0 aliphatic carbocycles. The maximum absolute atomic E-state index is 13.4. The summed E-state index contributed by atoms with van der Waals surface area (Å²) in [6.07, 6.45) is -0.291. The Morgan fingerprint density at radius 2 is 1.60 bits per heavy atom. The summed E-state index contributed by atoms with van der Waals surface area (Å²) in [4.78, 5) is 16.3. The van der Waals surface area contributed by atoms with E-state index in [1.165, 1.54) is 14.2 Å². The van der Waals surface area contributed by atoms with E-state index < -0.39 is 15.6 Å². The van der Waals surface area contributed by atoms with Gasteiger partial charge in [0.1, 0.15) is 17.1 Å². The first-order valence-electron chi connectivity index (χ1n) is 13.9. The Hall–Kier alpha value is -4.45. The first-order chi connectivity index (χ1) is 20.4. The van der Waals surface area contributed by atoms with Crippen LogP contribution in [0.15, 0.2) is 64.0 Å². The smallest absolute Gasteiger partial charge is 0.410 e. The van der Waals surface area contributed by atoms with Crippen LogP contribution in [0.2, 0.25) is 0 Å². The molecule has 0 saturated carbocycles. The van der Waals surface area contributed by atoms with Crippen LogP contribution in [0.25, 0.3) is 22.1 Å². The molecule has 3 aromatic carbocycles. The maximum Gasteiger partial charge on any atom is 0.410 e. The van der Waals surface area contributed by atoms with Gasteiger partial charge in [0.2, 0.25) is 0 Å². The summed E-state index contributed by atoms with van der Waals surface area (Å²) >= 11 is 0. The van der Waals surface area contributed by atoms with Crippen LogP contribution in [0, 0.1) is 6.92 Å². The molecule has 0 radical (unpaired) electrons. The molecule has 1 aromatic heterocycles. The maximum atomic E-state index is 13.4. The summed E-state index contributed by atoms with van der Waals surface area (Å²) in [5.74, 6) is 0.350. The van der Waals surface area contributed by atoms with E-state index in [9.17, 15) is 13.2 Å². The Morgan fingerprint density at radius 1 is 0.953 bits per heavy atom. The molecule has 228 valence electrons. The van der Waals surface area contributed by atoms with Crippen LogP contribution < -0.4 is 19.1 Å². The van der Waals surface area contributed by atoms with E-state index >= 15 is 0 Å². The number of nitrogens with one attached hydrogen (secondary N) is 1. The molecule has 1 amide bonds. The lowest BCUT2D eigenvalue weighted by molar-refractivity contribution is 0.0240. The SMILES string of the molecule is COc1cccc(OC)c1S(=O)(=O)Nc1noc2cc(-c3cccc(N4CCN(C(=O)OC(C)(C)C)CC4)c3)c(C)cc12. The third-order valence-corrected chi connectivity index (χ3v) is 8.55. The molecule has 0 spiro atoms. The van der Waals surface area contributed by atoms with Crippen LogP contribution in [0.5, 0.6) is 11.5 Å². The Balaban J connectivity index is 1.37. The van der Waals surface area contributed by atoms with Crippen LogP contribution in [-0.2, 0) is 14.8 Å². The molecule has 43 heavy (non-hydrogen) atoms. The van der Waals surface area contributed by atoms with Gasteiger partial charge in [0.05, 0.1) is 19.6 Å². The van der Waals surface area contributed by atoms with Crippen molar-refractivity contribution in [2.24, 2.45) is 0 Å². The summed E-state index contributed by atoms with van der Waals surface area (Å²) in [5.41, 5.74) is 3.76. The third kappa shape index (κ3) is 6.34. The number of rotatable bonds is 7. The van der Waals surface area contributed by atoms with E-state index in [2.05, 4.69) is 20.8 Å². The van der Waals surface area contributed by atoms with Crippen molar-refractivity contribution >= 4 is 38.6 Å². The lowest BCUT2D eigenvalue weighted by Crippen LogP contribution is -2.50. The number of anilines is 2. The molecule has 0 atom stereocenters. The van der Waals surface area contributed by atoms with Crippen LogP contribution in [0.3, 0.4) is 0 Å². The van der Waals surface area contributed by atoms with Gasteiger partial charge in [0, 0.05) is 31.9 Å². The normalized spacial score (nSPS) is 14.1. The second-order valence-corrected chi connectivity index (χ2v) is 12.9. The quantitative estimate of drug-likeness (QED) is 0.282. The lowest BCUT2D eigenvalue weighted by Gasteiger charge is -2.36. The van der Waals surface area contributed by atoms with E-state index in [0.717, 1.165) is 22.4 Å². The Labute approximate surface area is 251 Å². The molecule has 1 fully saturated rings. The number of sulfonamides is 1. The molecule has 1 N–H and O–H groups in total. The lowest BCUT2D eigenvalue weighted by atomic mass is 9.98. The second kappa shape index (κ2) is 11.7. The van der Waals surface area contributed by atoms with Crippen molar-refractivity contribution < 1.29 is 31.9 Å². The highest BCUT2D eigenvalue weighted by atomic mass is 32.2. The summed E-state index contributed by atoms with van der Waals surface area (Å²) < 4.78 is 51.0. The number of aromatic nitrogens is 1. The molecule has 0 unspecified atom stereocenters. The van der Waals surface area contributed by atoms with Gasteiger partial charge in [0.15, 0.2) is 16.3 Å². The van der Waals surface area contributed by atoms with Gasteiger partial charge in [-0.05, 0) is 80.8 Å². The van der Waals surface area contributed by atoms with Crippen molar-refractivity contribution in [3.63, 3.8) is 0 Å². The molecule has 0 bridgehead atoms. The molecule has 11 nitrogen and oxygen atoms in total. The zero-order valence-electron chi connectivity index (χ0n) is 25.1. The van der Waals surface area contributed by atoms with Crippen molar-refractivity contribution in [2.45, 2.75) is 38.2 Å². The number of aryl methyl sites for hydroxylation is 1. The minimum Gasteiger partial charge on any atom is -0.495 e. The third-order valence-electron chi connectivity index (χ3n) is 7.15. The first kappa shape index (κ1) is 30.0. The van der Waals surface area contributed by atoms with E-state index in [-0.39, 0.29) is 28.3 Å². The Morgan fingerprint density at radius 3 is 2.23 bits per heavy atom. The van der Waals surface area contributed by atoms with Crippen LogP contribution in [0.1, 0.15) is 26.3 Å². The minimum absolute atomic E-state index is 0.0641. The van der Waals surface area contributed by atoms with E-state index in [4.69, 9.17) is 18.7 Å². The number of ether oxygens (including phenoxy) is 3. The zero-order chi connectivity index (χ0) is 30.9. The highest BCUT2D eigenvalue weighted by Gasteiger charge is 2.28. The number of hydrogen-bond donors (Lipinski definition) is 1. The minimum atomic E-state index is -4.13. The molecule has 1 saturated heterocycles. The average Bonchev–Trinajstić information content (AvgIpc) is 3.35. The summed E-state index contributed by atoms with van der Waals surface area (Å²) in [7, 11) is -1.35. The van der Waals surface area contributed by atoms with E-state index in [1.54, 1.807) is 23.1 Å². The molecule has 1 aliphatic heterocycles. The van der Waals surface area contributed by atoms with Gasteiger partial charge in [-0.2, -0.15) is 0 Å². The number of hydrogen-bond acceptors (Lipinski definition) is 9. The topological polar surface area (TPSA) is 123 Å². The predicted molar refractivity (Wildman–Crippen MR) is 165 cm³/mol. The van der Waals surface area contributed by atoms with Crippen molar-refractivity contribution in [3.8, 4) is 22.6 Å². The van der Waals surface area contributed by atoms with Gasteiger partial charge in [-0.15, -0.1) is 0 Å². The number of amides is 1. The number of methoxy groups -OCH3 is 2. The molecule has 5 rings (SSSR count). The summed E-state index contributed by atoms with van der Waals surface area (Å²) in [5, 5.41) is 4.55. The van der Waals surface area contributed by atoms with Gasteiger partial charge < -0.3 is 28.5 Å². The fraction of sp³-hybridized carbons (Fsp3) is 0.355. The number of carbonyl (C=O) groups is 1. The Bertz CT molecular complexity index is 1730. The van der Waals surface area contributed by atoms with Gasteiger partial charge in [-0.25, -0.2) is 13.2 Å². The fourth-order valence-corrected chi connectivity index (χ4v) is 6.42. The number of piperazine rings is 1. The predicted octanol–water partition coefficient (Wildman–Crippen LogP) is 5.68. The first-order valence-corrected chi connectivity index (χ1v) is 15.4. The number of fused-ring (bicyclic) bond motifs is 1.